The smallest absolute Gasteiger partial charge is 0.237 e. The summed E-state index contributed by atoms with van der Waals surface area (Å²) >= 11 is 1.34. The van der Waals surface area contributed by atoms with E-state index in [1.54, 1.807) is 22.7 Å². The molecule has 1 atom stereocenters. The lowest BCUT2D eigenvalue weighted by Crippen LogP contribution is -2.22. The topological polar surface area (TPSA) is 85.3 Å². The molecule has 112 valence electrons. The maximum Gasteiger partial charge on any atom is 0.237 e. The van der Waals surface area contributed by atoms with Crippen molar-refractivity contribution in [2.45, 2.75) is 17.3 Å². The van der Waals surface area contributed by atoms with Crippen LogP contribution in [0.4, 0.5) is 11.4 Å². The van der Waals surface area contributed by atoms with E-state index in [0.29, 0.717) is 16.5 Å². The van der Waals surface area contributed by atoms with Gasteiger partial charge in [0, 0.05) is 17.6 Å². The number of anilines is 2. The highest BCUT2D eigenvalue weighted by Gasteiger charge is 2.18. The quantitative estimate of drug-likeness (QED) is 0.723. The van der Waals surface area contributed by atoms with Crippen molar-refractivity contribution in [2.24, 2.45) is 0 Å². The average molecular weight is 313 g/mol. The Morgan fingerprint density at radius 3 is 2.77 bits per heavy atom. The van der Waals surface area contributed by atoms with Gasteiger partial charge in [0.05, 0.1) is 5.25 Å². The number of hydrogen-bond donors (Lipinski definition) is 2. The first-order valence-electron chi connectivity index (χ1n) is 6.76. The molecule has 2 aromatic heterocycles. The molecule has 3 rings (SSSR count). The number of pyridine rings is 1. The predicted molar refractivity (Wildman–Crippen MR) is 87.8 cm³/mol. The predicted octanol–water partition coefficient (Wildman–Crippen LogP) is 2.43. The number of hydrogen-bond acceptors (Lipinski definition) is 5. The van der Waals surface area contributed by atoms with Crippen LogP contribution in [0.5, 0.6) is 0 Å². The highest BCUT2D eigenvalue weighted by atomic mass is 32.2. The van der Waals surface area contributed by atoms with Gasteiger partial charge in [-0.05, 0) is 31.2 Å². The zero-order valence-corrected chi connectivity index (χ0v) is 12.7. The molecule has 0 saturated carbocycles. The van der Waals surface area contributed by atoms with Crippen LogP contribution in [0.2, 0.25) is 0 Å². The molecule has 0 spiro atoms. The standard InChI is InChI=1S/C15H15N5OS/c1-10(14(21)17-12-5-3-2-4-6-12)22-15-19-18-13-8-7-11(16)9-20(13)15/h2-10H,16H2,1H3,(H,17,21). The Hall–Kier alpha value is -2.54. The van der Waals surface area contributed by atoms with E-state index in [1.165, 1.54) is 11.8 Å². The normalized spacial score (nSPS) is 12.2. The van der Waals surface area contributed by atoms with Crippen LogP contribution in [0.25, 0.3) is 5.65 Å². The number of carbonyl (C=O) groups excluding carboxylic acids is 1. The Labute approximate surface area is 131 Å². The fourth-order valence-corrected chi connectivity index (χ4v) is 2.77. The van der Waals surface area contributed by atoms with E-state index in [9.17, 15) is 4.79 Å². The Bertz CT molecular complexity index is 802. The highest BCUT2D eigenvalue weighted by molar-refractivity contribution is 8.00. The summed E-state index contributed by atoms with van der Waals surface area (Å²) in [5.74, 6) is -0.0862. The lowest BCUT2D eigenvalue weighted by atomic mass is 10.3. The van der Waals surface area contributed by atoms with Crippen molar-refractivity contribution in [3.05, 3.63) is 48.7 Å². The minimum absolute atomic E-state index is 0.0862. The van der Waals surface area contributed by atoms with E-state index in [-0.39, 0.29) is 11.2 Å². The summed E-state index contributed by atoms with van der Waals surface area (Å²) in [7, 11) is 0. The van der Waals surface area contributed by atoms with Gasteiger partial charge in [-0.3, -0.25) is 9.20 Å². The van der Waals surface area contributed by atoms with Gasteiger partial charge < -0.3 is 11.1 Å². The summed E-state index contributed by atoms with van der Waals surface area (Å²) in [4.78, 5) is 12.2. The van der Waals surface area contributed by atoms with Crippen molar-refractivity contribution in [3.63, 3.8) is 0 Å². The zero-order chi connectivity index (χ0) is 15.5. The molecule has 0 aliphatic heterocycles. The highest BCUT2D eigenvalue weighted by Crippen LogP contribution is 2.23. The number of nitrogen functional groups attached to an aromatic ring is 1. The fourth-order valence-electron chi connectivity index (χ4n) is 1.94. The fraction of sp³-hybridized carbons (Fsp3) is 0.133. The van der Waals surface area contributed by atoms with Gasteiger partial charge in [-0.15, -0.1) is 10.2 Å². The minimum Gasteiger partial charge on any atom is -0.398 e. The summed E-state index contributed by atoms with van der Waals surface area (Å²) in [5, 5.41) is 11.4. The third-order valence-corrected chi connectivity index (χ3v) is 4.14. The Morgan fingerprint density at radius 1 is 1.23 bits per heavy atom. The summed E-state index contributed by atoms with van der Waals surface area (Å²) in [6.07, 6.45) is 1.75. The second kappa shape index (κ2) is 6.07. The van der Waals surface area contributed by atoms with Crippen LogP contribution in [-0.2, 0) is 4.79 Å². The van der Waals surface area contributed by atoms with E-state index in [1.807, 2.05) is 37.3 Å². The van der Waals surface area contributed by atoms with Crippen molar-refractivity contribution in [1.82, 2.24) is 14.6 Å². The van der Waals surface area contributed by atoms with E-state index < -0.39 is 0 Å². The van der Waals surface area contributed by atoms with Crippen molar-refractivity contribution in [2.75, 3.05) is 11.1 Å². The van der Waals surface area contributed by atoms with Crippen molar-refractivity contribution < 1.29 is 4.79 Å². The molecule has 3 N–H and O–H groups in total. The Balaban J connectivity index is 1.74. The molecule has 1 amide bonds. The lowest BCUT2D eigenvalue weighted by molar-refractivity contribution is -0.115. The molecule has 0 radical (unpaired) electrons. The molecule has 0 bridgehead atoms. The molecule has 7 heteroatoms. The molecular formula is C15H15N5OS. The molecule has 3 aromatic rings. The van der Waals surface area contributed by atoms with Crippen molar-refractivity contribution >= 4 is 34.7 Å². The largest absolute Gasteiger partial charge is 0.398 e. The molecule has 0 saturated heterocycles. The van der Waals surface area contributed by atoms with Gasteiger partial charge in [-0.25, -0.2) is 0 Å². The number of rotatable bonds is 4. The average Bonchev–Trinajstić information content (AvgIpc) is 2.90. The molecule has 0 fully saturated rings. The summed E-state index contributed by atoms with van der Waals surface area (Å²) < 4.78 is 1.78. The number of carbonyl (C=O) groups is 1. The van der Waals surface area contributed by atoms with Gasteiger partial charge in [0.15, 0.2) is 10.8 Å². The second-order valence-electron chi connectivity index (χ2n) is 4.79. The molecule has 6 nitrogen and oxygen atoms in total. The SMILES string of the molecule is CC(Sc1nnc2ccc(N)cn12)C(=O)Nc1ccccc1. The van der Waals surface area contributed by atoms with Crippen molar-refractivity contribution in [1.29, 1.82) is 0 Å². The second-order valence-corrected chi connectivity index (χ2v) is 6.10. The Morgan fingerprint density at radius 2 is 2.00 bits per heavy atom. The van der Waals surface area contributed by atoms with E-state index >= 15 is 0 Å². The molecule has 0 aliphatic carbocycles. The molecule has 1 unspecified atom stereocenters. The van der Waals surface area contributed by atoms with Gasteiger partial charge in [-0.2, -0.15) is 0 Å². The van der Waals surface area contributed by atoms with E-state index in [4.69, 9.17) is 5.73 Å². The lowest BCUT2D eigenvalue weighted by Gasteiger charge is -2.11. The van der Waals surface area contributed by atoms with Crippen LogP contribution in [0.1, 0.15) is 6.92 Å². The number of nitrogens with zero attached hydrogens (tertiary/aromatic N) is 3. The number of thioether (sulfide) groups is 1. The molecule has 22 heavy (non-hydrogen) atoms. The number of nitrogens with two attached hydrogens (primary N) is 1. The van der Waals surface area contributed by atoms with Gasteiger partial charge in [0.1, 0.15) is 0 Å². The molecular weight excluding hydrogens is 298 g/mol. The van der Waals surface area contributed by atoms with Crippen LogP contribution >= 0.6 is 11.8 Å². The summed E-state index contributed by atoms with van der Waals surface area (Å²) in [5.41, 5.74) is 7.88. The van der Waals surface area contributed by atoms with Crippen LogP contribution in [-0.4, -0.2) is 25.8 Å². The van der Waals surface area contributed by atoms with Gasteiger partial charge in [0.25, 0.3) is 0 Å². The Kier molecular flexibility index (Phi) is 3.97. The first-order chi connectivity index (χ1) is 10.6. The van der Waals surface area contributed by atoms with Crippen LogP contribution < -0.4 is 11.1 Å². The first kappa shape index (κ1) is 14.4. The third kappa shape index (κ3) is 3.04. The number of aromatic nitrogens is 3. The van der Waals surface area contributed by atoms with Crippen LogP contribution in [0.3, 0.4) is 0 Å². The summed E-state index contributed by atoms with van der Waals surface area (Å²) in [6.45, 7) is 1.83. The third-order valence-electron chi connectivity index (χ3n) is 3.09. The maximum atomic E-state index is 12.2. The zero-order valence-electron chi connectivity index (χ0n) is 11.9. The molecule has 1 aromatic carbocycles. The number of benzene rings is 1. The van der Waals surface area contributed by atoms with Gasteiger partial charge >= 0.3 is 0 Å². The molecule has 0 aliphatic rings. The monoisotopic (exact) mass is 313 g/mol. The van der Waals surface area contributed by atoms with Crippen LogP contribution in [0, 0.1) is 0 Å². The number of nitrogens with one attached hydrogen (secondary N) is 1. The first-order valence-corrected chi connectivity index (χ1v) is 7.64. The number of fused-ring (bicyclic) bond motifs is 1. The van der Waals surface area contributed by atoms with E-state index in [2.05, 4.69) is 15.5 Å². The maximum absolute atomic E-state index is 12.2. The van der Waals surface area contributed by atoms with E-state index in [0.717, 1.165) is 5.69 Å². The number of amides is 1. The minimum atomic E-state index is -0.311. The van der Waals surface area contributed by atoms with Gasteiger partial charge in [-0.1, -0.05) is 30.0 Å². The molecule has 2 heterocycles. The summed E-state index contributed by atoms with van der Waals surface area (Å²) in [6, 6.07) is 12.9. The number of para-hydroxylation sites is 1. The van der Waals surface area contributed by atoms with Crippen molar-refractivity contribution in [3.8, 4) is 0 Å². The van der Waals surface area contributed by atoms with Crippen LogP contribution in [0.15, 0.2) is 53.8 Å². The van der Waals surface area contributed by atoms with Gasteiger partial charge in [0.2, 0.25) is 5.91 Å².